The Bertz CT molecular complexity index is 822. The van der Waals surface area contributed by atoms with Crippen molar-refractivity contribution in [2.24, 2.45) is 0 Å². The van der Waals surface area contributed by atoms with Crippen LogP contribution >= 0.6 is 11.3 Å². The molecule has 6 nitrogen and oxygen atoms in total. The second-order valence-corrected chi connectivity index (χ2v) is 5.90. The normalized spacial score (nSPS) is 11.0. The van der Waals surface area contributed by atoms with Crippen molar-refractivity contribution in [1.29, 1.82) is 0 Å². The maximum Gasteiger partial charge on any atom is 0.249 e. The molecule has 3 aromatic heterocycles. The van der Waals surface area contributed by atoms with Crippen LogP contribution < -0.4 is 5.32 Å². The van der Waals surface area contributed by atoms with Crippen LogP contribution in [0.5, 0.6) is 0 Å². The average Bonchev–Trinajstić information content (AvgIpc) is 3.15. The highest BCUT2D eigenvalue weighted by Gasteiger charge is 2.03. The fourth-order valence-corrected chi connectivity index (χ4v) is 2.54. The lowest BCUT2D eigenvalue weighted by atomic mass is 10.3. The largest absolute Gasteiger partial charge is 0.306 e. The molecular formula is C16H15N5OS. The summed E-state index contributed by atoms with van der Waals surface area (Å²) < 4.78 is 1.73. The highest BCUT2D eigenvalue weighted by Crippen LogP contribution is 2.10. The molecule has 0 atom stereocenters. The molecule has 0 aliphatic rings. The van der Waals surface area contributed by atoms with E-state index in [-0.39, 0.29) is 5.91 Å². The zero-order chi connectivity index (χ0) is 16.1. The molecule has 1 amide bonds. The van der Waals surface area contributed by atoms with E-state index in [1.807, 2.05) is 30.5 Å². The van der Waals surface area contributed by atoms with Gasteiger partial charge < -0.3 is 5.32 Å². The molecule has 0 spiro atoms. The van der Waals surface area contributed by atoms with Crippen LogP contribution in [-0.4, -0.2) is 25.7 Å². The lowest BCUT2D eigenvalue weighted by molar-refractivity contribution is -0.111. The monoisotopic (exact) mass is 325 g/mol. The minimum atomic E-state index is -0.237. The molecule has 7 heteroatoms. The first-order valence-corrected chi connectivity index (χ1v) is 7.91. The van der Waals surface area contributed by atoms with Crippen molar-refractivity contribution in [3.63, 3.8) is 0 Å². The number of hydrogen-bond acceptors (Lipinski definition) is 5. The first-order valence-electron chi connectivity index (χ1n) is 7.03. The molecule has 3 aromatic rings. The number of anilines is 1. The lowest BCUT2D eigenvalue weighted by Gasteiger charge is -2.00. The van der Waals surface area contributed by atoms with Crippen LogP contribution in [0.1, 0.15) is 16.4 Å². The maximum absolute atomic E-state index is 11.9. The van der Waals surface area contributed by atoms with Crippen molar-refractivity contribution in [1.82, 2.24) is 19.7 Å². The molecule has 0 aromatic carbocycles. The summed E-state index contributed by atoms with van der Waals surface area (Å²) in [5.74, 6) is 0.267. The van der Waals surface area contributed by atoms with Gasteiger partial charge in [0.2, 0.25) is 5.91 Å². The van der Waals surface area contributed by atoms with E-state index < -0.39 is 0 Å². The average molecular weight is 325 g/mol. The minimum Gasteiger partial charge on any atom is -0.306 e. The summed E-state index contributed by atoms with van der Waals surface area (Å²) in [7, 11) is 0. The number of thiazole rings is 1. The second-order valence-electron chi connectivity index (χ2n) is 4.83. The van der Waals surface area contributed by atoms with E-state index in [0.29, 0.717) is 12.4 Å². The molecule has 0 aliphatic carbocycles. The van der Waals surface area contributed by atoms with E-state index in [9.17, 15) is 4.79 Å². The Morgan fingerprint density at radius 3 is 3.04 bits per heavy atom. The van der Waals surface area contributed by atoms with Crippen LogP contribution in [0.2, 0.25) is 0 Å². The molecule has 23 heavy (non-hydrogen) atoms. The van der Waals surface area contributed by atoms with E-state index in [1.54, 1.807) is 40.6 Å². The predicted octanol–water partition coefficient (Wildman–Crippen LogP) is 2.74. The fraction of sp³-hybridized carbons (Fsp3) is 0.125. The van der Waals surface area contributed by atoms with Crippen LogP contribution in [0.15, 0.2) is 48.1 Å². The van der Waals surface area contributed by atoms with Crippen LogP contribution in [0.25, 0.3) is 6.08 Å². The van der Waals surface area contributed by atoms with Gasteiger partial charge in [0.1, 0.15) is 0 Å². The Balaban J connectivity index is 1.58. The highest BCUT2D eigenvalue weighted by atomic mass is 32.1. The number of pyridine rings is 1. The minimum absolute atomic E-state index is 0.237. The summed E-state index contributed by atoms with van der Waals surface area (Å²) in [6.07, 6.45) is 6.68. The van der Waals surface area contributed by atoms with Crippen molar-refractivity contribution < 1.29 is 4.79 Å². The molecule has 0 fully saturated rings. The van der Waals surface area contributed by atoms with Gasteiger partial charge in [0.25, 0.3) is 0 Å². The van der Waals surface area contributed by atoms with Crippen LogP contribution in [0, 0.1) is 6.92 Å². The Morgan fingerprint density at radius 1 is 1.39 bits per heavy atom. The number of nitrogens with one attached hydrogen (secondary N) is 1. The van der Waals surface area contributed by atoms with Gasteiger partial charge in [0.15, 0.2) is 5.82 Å². The SMILES string of the molecule is Cc1nc(C=CC(=O)Nc2ccn(Cc3ccccn3)n2)cs1. The zero-order valence-corrected chi connectivity index (χ0v) is 13.3. The number of aromatic nitrogens is 4. The van der Waals surface area contributed by atoms with Gasteiger partial charge in [-0.15, -0.1) is 11.3 Å². The molecular weight excluding hydrogens is 310 g/mol. The molecule has 0 bridgehead atoms. The standard InChI is InChI=1S/C16H15N5OS/c1-12-18-14(11-23-12)5-6-16(22)19-15-7-9-21(20-15)10-13-4-2-3-8-17-13/h2-9,11H,10H2,1H3,(H,19,20,22). The van der Waals surface area contributed by atoms with Gasteiger partial charge in [-0.3, -0.25) is 14.5 Å². The van der Waals surface area contributed by atoms with E-state index in [2.05, 4.69) is 20.4 Å². The van der Waals surface area contributed by atoms with Crippen molar-refractivity contribution in [2.45, 2.75) is 13.5 Å². The number of amides is 1. The van der Waals surface area contributed by atoms with Crippen molar-refractivity contribution in [3.8, 4) is 0 Å². The predicted molar refractivity (Wildman–Crippen MR) is 90.1 cm³/mol. The second kappa shape index (κ2) is 6.97. The molecule has 0 saturated carbocycles. The van der Waals surface area contributed by atoms with Gasteiger partial charge in [-0.25, -0.2) is 4.98 Å². The molecule has 3 heterocycles. The van der Waals surface area contributed by atoms with Gasteiger partial charge in [0, 0.05) is 29.9 Å². The first-order chi connectivity index (χ1) is 11.2. The van der Waals surface area contributed by atoms with Gasteiger partial charge in [-0.1, -0.05) is 6.07 Å². The van der Waals surface area contributed by atoms with Gasteiger partial charge >= 0.3 is 0 Å². The lowest BCUT2D eigenvalue weighted by Crippen LogP contribution is -2.09. The first kappa shape index (κ1) is 15.1. The molecule has 0 aliphatic heterocycles. The molecule has 1 N–H and O–H groups in total. The Kier molecular flexibility index (Phi) is 4.58. The molecule has 0 saturated heterocycles. The Labute approximate surface area is 137 Å². The summed E-state index contributed by atoms with van der Waals surface area (Å²) in [5, 5.41) is 9.90. The van der Waals surface area contributed by atoms with Crippen LogP contribution in [-0.2, 0) is 11.3 Å². The van der Waals surface area contributed by atoms with Crippen molar-refractivity contribution in [2.75, 3.05) is 5.32 Å². The van der Waals surface area contributed by atoms with Crippen LogP contribution in [0.4, 0.5) is 5.82 Å². The third-order valence-electron chi connectivity index (χ3n) is 2.98. The Morgan fingerprint density at radius 2 is 2.30 bits per heavy atom. The number of hydrogen-bond donors (Lipinski definition) is 1. The summed E-state index contributed by atoms with van der Waals surface area (Å²) in [6, 6.07) is 7.48. The fourth-order valence-electron chi connectivity index (χ4n) is 1.96. The molecule has 3 rings (SSSR count). The number of rotatable bonds is 5. The topological polar surface area (TPSA) is 72.7 Å². The van der Waals surface area contributed by atoms with Gasteiger partial charge in [-0.2, -0.15) is 5.10 Å². The van der Waals surface area contributed by atoms with Crippen LogP contribution in [0.3, 0.4) is 0 Å². The third-order valence-corrected chi connectivity index (χ3v) is 3.78. The number of nitrogens with zero attached hydrogens (tertiary/aromatic N) is 4. The highest BCUT2D eigenvalue weighted by molar-refractivity contribution is 7.09. The summed E-state index contributed by atoms with van der Waals surface area (Å²) in [6.45, 7) is 2.49. The van der Waals surface area contributed by atoms with Crippen molar-refractivity contribution in [3.05, 3.63) is 64.5 Å². The van der Waals surface area contributed by atoms with E-state index in [4.69, 9.17) is 0 Å². The van der Waals surface area contributed by atoms with Gasteiger partial charge in [0.05, 0.1) is 22.9 Å². The molecule has 0 unspecified atom stereocenters. The zero-order valence-electron chi connectivity index (χ0n) is 12.5. The van der Waals surface area contributed by atoms with E-state index in [0.717, 1.165) is 16.4 Å². The number of carbonyl (C=O) groups excluding carboxylic acids is 1. The van der Waals surface area contributed by atoms with E-state index in [1.165, 1.54) is 6.08 Å². The van der Waals surface area contributed by atoms with E-state index >= 15 is 0 Å². The third kappa shape index (κ3) is 4.33. The summed E-state index contributed by atoms with van der Waals surface area (Å²) in [5.41, 5.74) is 1.69. The van der Waals surface area contributed by atoms with Gasteiger partial charge in [-0.05, 0) is 25.1 Å². The number of carbonyl (C=O) groups is 1. The maximum atomic E-state index is 11.9. The van der Waals surface area contributed by atoms with Crippen molar-refractivity contribution >= 4 is 29.1 Å². The molecule has 116 valence electrons. The quantitative estimate of drug-likeness (QED) is 0.732. The summed E-state index contributed by atoms with van der Waals surface area (Å²) in [4.78, 5) is 20.4. The Hall–Kier alpha value is -2.80. The molecule has 0 radical (unpaired) electrons. The summed E-state index contributed by atoms with van der Waals surface area (Å²) >= 11 is 1.55. The number of aryl methyl sites for hydroxylation is 1. The smallest absolute Gasteiger partial charge is 0.249 e.